The second kappa shape index (κ2) is 8.68. The van der Waals surface area contributed by atoms with Gasteiger partial charge < -0.3 is 28.8 Å². The van der Waals surface area contributed by atoms with Gasteiger partial charge in [0.05, 0.1) is 19.8 Å². The lowest BCUT2D eigenvalue weighted by molar-refractivity contribution is -0.221. The molecule has 0 amide bonds. The fourth-order valence-electron chi connectivity index (χ4n) is 3.83. The summed E-state index contributed by atoms with van der Waals surface area (Å²) in [6.45, 7) is 13.5. The molecule has 0 aliphatic carbocycles. The Labute approximate surface area is 188 Å². The second-order valence-corrected chi connectivity index (χ2v) is 9.54. The Hall–Kier alpha value is -0.700. The highest BCUT2D eigenvalue weighted by Crippen LogP contribution is 2.40. The lowest BCUT2D eigenvalue weighted by atomic mass is 9.81. The van der Waals surface area contributed by atoms with Crippen molar-refractivity contribution in [3.05, 3.63) is 46.0 Å². The molecule has 3 rings (SSSR count). The van der Waals surface area contributed by atoms with E-state index in [1.165, 1.54) is 0 Å². The van der Waals surface area contributed by atoms with E-state index in [9.17, 15) is 5.11 Å². The van der Waals surface area contributed by atoms with Crippen LogP contribution in [0.3, 0.4) is 0 Å². The molecule has 1 aromatic carbocycles. The summed E-state index contributed by atoms with van der Waals surface area (Å²) in [7, 11) is 0. The SMILES string of the molecule is C=C(C)[C@](O)([C@H](OCc1c(Cl)cccc1Cl)[C@H]1COC(C)(C)O1)[C@H]1COC(C)(C)O1. The first-order chi connectivity index (χ1) is 13.9. The lowest BCUT2D eigenvalue weighted by Crippen LogP contribution is -2.60. The van der Waals surface area contributed by atoms with Crippen LogP contribution in [-0.4, -0.2) is 53.8 Å². The number of halogens is 2. The summed E-state index contributed by atoms with van der Waals surface area (Å²) in [6, 6.07) is 5.24. The Morgan fingerprint density at radius 2 is 1.73 bits per heavy atom. The van der Waals surface area contributed by atoms with Crippen molar-refractivity contribution in [3.63, 3.8) is 0 Å². The normalized spacial score (nSPS) is 28.3. The average Bonchev–Trinajstić information content (AvgIpc) is 3.18. The van der Waals surface area contributed by atoms with E-state index in [-0.39, 0.29) is 19.8 Å². The molecule has 0 unspecified atom stereocenters. The van der Waals surface area contributed by atoms with E-state index in [0.29, 0.717) is 21.2 Å². The molecule has 2 aliphatic heterocycles. The van der Waals surface area contributed by atoms with Crippen molar-refractivity contribution in [2.75, 3.05) is 13.2 Å². The van der Waals surface area contributed by atoms with Crippen molar-refractivity contribution >= 4 is 23.2 Å². The molecule has 2 aliphatic rings. The number of benzene rings is 1. The van der Waals surface area contributed by atoms with Crippen LogP contribution in [0.25, 0.3) is 0 Å². The topological polar surface area (TPSA) is 66.4 Å². The third-order valence-electron chi connectivity index (χ3n) is 5.45. The molecule has 168 valence electrons. The molecule has 0 spiro atoms. The predicted molar refractivity (Wildman–Crippen MR) is 115 cm³/mol. The first kappa shape index (κ1) is 24.0. The van der Waals surface area contributed by atoms with Crippen molar-refractivity contribution in [1.29, 1.82) is 0 Å². The van der Waals surface area contributed by atoms with Crippen LogP contribution in [0, 0.1) is 0 Å². The predicted octanol–water partition coefficient (Wildman–Crippen LogP) is 4.49. The van der Waals surface area contributed by atoms with Crippen LogP contribution in [-0.2, 0) is 30.3 Å². The summed E-state index contributed by atoms with van der Waals surface area (Å²) in [5.74, 6) is -1.65. The van der Waals surface area contributed by atoms with Gasteiger partial charge in [-0.1, -0.05) is 35.8 Å². The van der Waals surface area contributed by atoms with Gasteiger partial charge >= 0.3 is 0 Å². The van der Waals surface area contributed by atoms with Crippen molar-refractivity contribution in [2.24, 2.45) is 0 Å². The molecule has 8 heteroatoms. The first-order valence-electron chi connectivity index (χ1n) is 9.92. The monoisotopic (exact) mass is 460 g/mol. The van der Waals surface area contributed by atoms with Crippen LogP contribution in [0.1, 0.15) is 40.2 Å². The van der Waals surface area contributed by atoms with Gasteiger partial charge in [0.15, 0.2) is 11.6 Å². The van der Waals surface area contributed by atoms with E-state index in [0.717, 1.165) is 0 Å². The summed E-state index contributed by atoms with van der Waals surface area (Å²) in [5, 5.41) is 12.9. The van der Waals surface area contributed by atoms with Gasteiger partial charge in [-0.3, -0.25) is 0 Å². The Morgan fingerprint density at radius 1 is 1.17 bits per heavy atom. The Kier molecular flexibility index (Phi) is 6.93. The zero-order valence-electron chi connectivity index (χ0n) is 18.0. The maximum Gasteiger partial charge on any atom is 0.163 e. The van der Waals surface area contributed by atoms with Gasteiger partial charge in [0.25, 0.3) is 0 Å². The van der Waals surface area contributed by atoms with Gasteiger partial charge in [-0.25, -0.2) is 0 Å². The van der Waals surface area contributed by atoms with Gasteiger partial charge in [-0.05, 0) is 52.3 Å². The van der Waals surface area contributed by atoms with E-state index in [1.54, 1.807) is 39.0 Å². The van der Waals surface area contributed by atoms with Crippen LogP contribution in [0.2, 0.25) is 10.0 Å². The van der Waals surface area contributed by atoms with Crippen molar-refractivity contribution < 1.29 is 28.8 Å². The largest absolute Gasteiger partial charge is 0.380 e. The molecule has 2 fully saturated rings. The van der Waals surface area contributed by atoms with Gasteiger partial charge in [0.1, 0.15) is 23.9 Å². The van der Waals surface area contributed by atoms with Gasteiger partial charge in [-0.2, -0.15) is 0 Å². The van der Waals surface area contributed by atoms with Crippen molar-refractivity contribution in [3.8, 4) is 0 Å². The number of ether oxygens (including phenoxy) is 5. The molecule has 2 saturated heterocycles. The molecule has 0 radical (unpaired) electrons. The highest BCUT2D eigenvalue weighted by Gasteiger charge is 2.56. The van der Waals surface area contributed by atoms with Gasteiger partial charge in [-0.15, -0.1) is 0 Å². The van der Waals surface area contributed by atoms with Gasteiger partial charge in [0, 0.05) is 15.6 Å². The molecular formula is C22H30Cl2O6. The average molecular weight is 461 g/mol. The minimum Gasteiger partial charge on any atom is -0.380 e. The molecule has 30 heavy (non-hydrogen) atoms. The molecular weight excluding hydrogens is 431 g/mol. The van der Waals surface area contributed by atoms with Crippen LogP contribution in [0.15, 0.2) is 30.4 Å². The molecule has 2 heterocycles. The number of hydrogen-bond donors (Lipinski definition) is 1. The summed E-state index contributed by atoms with van der Waals surface area (Å²) < 4.78 is 29.8. The van der Waals surface area contributed by atoms with Gasteiger partial charge in [0.2, 0.25) is 0 Å². The molecule has 4 atom stereocenters. The zero-order chi connectivity index (χ0) is 22.3. The highest BCUT2D eigenvalue weighted by atomic mass is 35.5. The lowest BCUT2D eigenvalue weighted by Gasteiger charge is -2.42. The summed E-state index contributed by atoms with van der Waals surface area (Å²) in [4.78, 5) is 0. The molecule has 1 N–H and O–H groups in total. The van der Waals surface area contributed by atoms with E-state index in [2.05, 4.69) is 6.58 Å². The minimum absolute atomic E-state index is 0.0655. The third-order valence-corrected chi connectivity index (χ3v) is 6.16. The van der Waals surface area contributed by atoms with E-state index in [1.807, 2.05) is 13.8 Å². The Balaban J connectivity index is 1.94. The maximum atomic E-state index is 11.9. The molecule has 6 nitrogen and oxygen atoms in total. The molecule has 0 saturated carbocycles. The third kappa shape index (κ3) is 4.87. The van der Waals surface area contributed by atoms with Crippen LogP contribution in [0.4, 0.5) is 0 Å². The van der Waals surface area contributed by atoms with E-state index < -0.39 is 35.5 Å². The Morgan fingerprint density at radius 3 is 2.20 bits per heavy atom. The van der Waals surface area contributed by atoms with E-state index >= 15 is 0 Å². The quantitative estimate of drug-likeness (QED) is 0.604. The first-order valence-corrected chi connectivity index (χ1v) is 10.7. The number of hydrogen-bond acceptors (Lipinski definition) is 6. The van der Waals surface area contributed by atoms with E-state index in [4.69, 9.17) is 46.9 Å². The summed E-state index contributed by atoms with van der Waals surface area (Å²) in [5.41, 5.74) is -0.509. The molecule has 0 aromatic heterocycles. The van der Waals surface area contributed by atoms with Crippen molar-refractivity contribution in [1.82, 2.24) is 0 Å². The van der Waals surface area contributed by atoms with Crippen LogP contribution < -0.4 is 0 Å². The smallest absolute Gasteiger partial charge is 0.163 e. The second-order valence-electron chi connectivity index (χ2n) is 8.72. The zero-order valence-corrected chi connectivity index (χ0v) is 19.5. The maximum absolute atomic E-state index is 11.9. The van der Waals surface area contributed by atoms with Crippen LogP contribution >= 0.6 is 23.2 Å². The van der Waals surface area contributed by atoms with Crippen LogP contribution in [0.5, 0.6) is 0 Å². The fraction of sp³-hybridized carbons (Fsp3) is 0.636. The summed E-state index contributed by atoms with van der Waals surface area (Å²) >= 11 is 12.6. The Bertz CT molecular complexity index is 776. The fourth-order valence-corrected chi connectivity index (χ4v) is 4.34. The van der Waals surface area contributed by atoms with Crippen molar-refractivity contribution in [2.45, 2.75) is 76.7 Å². The standard InChI is InChI=1S/C22H30Cl2O6/c1-13(2)22(25,18-12-28-21(5,6)30-18)19(17-11-27-20(3,4)29-17)26-10-14-15(23)8-7-9-16(14)24/h7-9,17-19,25H,1,10-12H2,2-6H3/t17-,18-,19-,22-/m1/s1. The number of rotatable bonds is 7. The molecule has 0 bridgehead atoms. The summed E-state index contributed by atoms with van der Waals surface area (Å²) in [6.07, 6.45) is -2.15. The number of aliphatic hydroxyl groups is 1. The molecule has 1 aromatic rings. The highest BCUT2D eigenvalue weighted by molar-refractivity contribution is 6.35. The minimum atomic E-state index is -1.60.